The van der Waals surface area contributed by atoms with Crippen LogP contribution in [0.4, 0.5) is 10.5 Å². The van der Waals surface area contributed by atoms with E-state index in [1.165, 1.54) is 4.90 Å². The fraction of sp³-hybridized carbons (Fsp3) is 0.0625. The van der Waals surface area contributed by atoms with E-state index in [2.05, 4.69) is 6.58 Å². The highest BCUT2D eigenvalue weighted by atomic mass is 35.5. The van der Waals surface area contributed by atoms with Crippen LogP contribution in [0.5, 0.6) is 0 Å². The molecule has 0 atom stereocenters. The minimum Gasteiger partial charge on any atom is -0.301 e. The van der Waals surface area contributed by atoms with Crippen molar-refractivity contribution in [2.45, 2.75) is 0 Å². The van der Waals surface area contributed by atoms with Crippen LogP contribution in [0.1, 0.15) is 11.1 Å². The van der Waals surface area contributed by atoms with Crippen LogP contribution in [0.15, 0.2) is 61.2 Å². The molecule has 19 heavy (non-hydrogen) atoms. The second kappa shape index (κ2) is 5.72. The Morgan fingerprint density at radius 2 is 1.63 bits per heavy atom. The summed E-state index contributed by atoms with van der Waals surface area (Å²) in [6, 6.07) is 17.4. The number of hydrogen-bond donors (Lipinski definition) is 0. The number of carbonyl (C=O) groups is 1. The van der Waals surface area contributed by atoms with Gasteiger partial charge in [0.2, 0.25) is 0 Å². The minimum atomic E-state index is -0.520. The normalized spacial score (nSPS) is 10.0. The van der Waals surface area contributed by atoms with E-state index in [4.69, 9.17) is 11.6 Å². The summed E-state index contributed by atoms with van der Waals surface area (Å²) in [5.41, 5.74) is 3.52. The zero-order chi connectivity index (χ0) is 13.8. The van der Waals surface area contributed by atoms with Crippen LogP contribution in [0.3, 0.4) is 0 Å². The van der Waals surface area contributed by atoms with Crippen molar-refractivity contribution in [2.75, 3.05) is 11.9 Å². The smallest absolute Gasteiger partial charge is 0.301 e. The van der Waals surface area contributed by atoms with E-state index in [0.29, 0.717) is 0 Å². The number of halogens is 1. The highest BCUT2D eigenvalue weighted by molar-refractivity contribution is 6.66. The zero-order valence-corrected chi connectivity index (χ0v) is 11.4. The topological polar surface area (TPSA) is 20.3 Å². The van der Waals surface area contributed by atoms with Gasteiger partial charge in [-0.3, -0.25) is 4.79 Å². The van der Waals surface area contributed by atoms with Crippen LogP contribution >= 0.6 is 11.6 Å². The minimum absolute atomic E-state index is 0.520. The highest BCUT2D eigenvalue weighted by Gasteiger charge is 2.14. The van der Waals surface area contributed by atoms with Gasteiger partial charge < -0.3 is 4.90 Å². The third-order valence-electron chi connectivity index (χ3n) is 2.98. The van der Waals surface area contributed by atoms with Crippen molar-refractivity contribution >= 4 is 28.2 Å². The molecule has 0 aromatic heterocycles. The lowest BCUT2D eigenvalue weighted by Crippen LogP contribution is -2.20. The molecule has 3 heteroatoms. The first-order chi connectivity index (χ1) is 9.11. The summed E-state index contributed by atoms with van der Waals surface area (Å²) < 4.78 is 0. The van der Waals surface area contributed by atoms with Crippen LogP contribution in [0.25, 0.3) is 5.57 Å². The summed E-state index contributed by atoms with van der Waals surface area (Å²) in [6.07, 6.45) is 0. The van der Waals surface area contributed by atoms with Gasteiger partial charge in [-0.2, -0.15) is 0 Å². The van der Waals surface area contributed by atoms with Gasteiger partial charge in [-0.25, -0.2) is 0 Å². The summed E-state index contributed by atoms with van der Waals surface area (Å²) in [5.74, 6) is 0. The van der Waals surface area contributed by atoms with Crippen LogP contribution in [-0.4, -0.2) is 12.4 Å². The largest absolute Gasteiger partial charge is 0.320 e. The molecule has 0 fully saturated rings. The number of amides is 1. The van der Waals surface area contributed by atoms with Gasteiger partial charge >= 0.3 is 5.37 Å². The Morgan fingerprint density at radius 3 is 2.26 bits per heavy atom. The SMILES string of the molecule is C=C(c1ccccc1)c1ccccc1N(C)C(=O)Cl. The molecule has 0 aliphatic rings. The van der Waals surface area contributed by atoms with E-state index in [0.717, 1.165) is 22.4 Å². The predicted octanol–water partition coefficient (Wildman–Crippen LogP) is 4.54. The van der Waals surface area contributed by atoms with Gasteiger partial charge in [-0.1, -0.05) is 55.1 Å². The second-order valence-electron chi connectivity index (χ2n) is 4.17. The summed E-state index contributed by atoms with van der Waals surface area (Å²) in [5, 5.41) is -0.520. The third-order valence-corrected chi connectivity index (χ3v) is 3.23. The van der Waals surface area contributed by atoms with Gasteiger partial charge in [0.25, 0.3) is 0 Å². The van der Waals surface area contributed by atoms with Gasteiger partial charge in [-0.15, -0.1) is 0 Å². The molecule has 0 unspecified atom stereocenters. The number of hydrogen-bond acceptors (Lipinski definition) is 1. The Kier molecular flexibility index (Phi) is 4.03. The maximum atomic E-state index is 11.3. The molecule has 0 radical (unpaired) electrons. The summed E-state index contributed by atoms with van der Waals surface area (Å²) in [4.78, 5) is 12.7. The van der Waals surface area contributed by atoms with E-state index >= 15 is 0 Å². The standard InChI is InChI=1S/C16H14ClNO/c1-12(13-8-4-3-5-9-13)14-10-6-7-11-15(14)18(2)16(17)19/h3-11H,1H2,2H3. The molecule has 0 bridgehead atoms. The highest BCUT2D eigenvalue weighted by Crippen LogP contribution is 2.30. The monoisotopic (exact) mass is 271 g/mol. The fourth-order valence-corrected chi connectivity index (χ4v) is 2.00. The number of anilines is 1. The molecular weight excluding hydrogens is 258 g/mol. The van der Waals surface area contributed by atoms with Gasteiger partial charge in [0, 0.05) is 12.6 Å². The molecule has 96 valence electrons. The Morgan fingerprint density at radius 1 is 1.05 bits per heavy atom. The Hall–Kier alpha value is -2.06. The van der Waals surface area contributed by atoms with E-state index < -0.39 is 5.37 Å². The molecule has 0 spiro atoms. The Balaban J connectivity index is 2.46. The lowest BCUT2D eigenvalue weighted by molar-refractivity contribution is 0.265. The summed E-state index contributed by atoms with van der Waals surface area (Å²) >= 11 is 5.54. The van der Waals surface area contributed by atoms with Gasteiger partial charge in [0.1, 0.15) is 0 Å². The van der Waals surface area contributed by atoms with Gasteiger partial charge in [0.15, 0.2) is 0 Å². The Bertz CT molecular complexity index is 607. The zero-order valence-electron chi connectivity index (χ0n) is 10.6. The average Bonchev–Trinajstić information content (AvgIpc) is 2.46. The molecule has 2 aromatic rings. The van der Waals surface area contributed by atoms with Crippen molar-refractivity contribution in [3.63, 3.8) is 0 Å². The van der Waals surface area contributed by atoms with Gasteiger partial charge in [-0.05, 0) is 28.8 Å². The van der Waals surface area contributed by atoms with Crippen molar-refractivity contribution in [3.05, 3.63) is 72.3 Å². The first-order valence-electron chi connectivity index (χ1n) is 5.88. The van der Waals surface area contributed by atoms with E-state index in [-0.39, 0.29) is 0 Å². The summed E-state index contributed by atoms with van der Waals surface area (Å²) in [7, 11) is 1.65. The molecule has 2 rings (SSSR count). The predicted molar refractivity (Wildman–Crippen MR) is 80.7 cm³/mol. The lowest BCUT2D eigenvalue weighted by atomic mass is 9.98. The average molecular weight is 272 g/mol. The molecule has 0 N–H and O–H groups in total. The van der Waals surface area contributed by atoms with Crippen molar-refractivity contribution in [2.24, 2.45) is 0 Å². The molecule has 0 saturated heterocycles. The first-order valence-corrected chi connectivity index (χ1v) is 6.26. The van der Waals surface area contributed by atoms with Crippen molar-refractivity contribution in [1.29, 1.82) is 0 Å². The molecule has 1 amide bonds. The van der Waals surface area contributed by atoms with Crippen LogP contribution < -0.4 is 4.90 Å². The van der Waals surface area contributed by atoms with E-state index in [1.807, 2.05) is 54.6 Å². The number of benzene rings is 2. The van der Waals surface area contributed by atoms with E-state index in [1.54, 1.807) is 7.05 Å². The molecule has 0 heterocycles. The number of carbonyl (C=O) groups excluding carboxylic acids is 1. The molecule has 0 saturated carbocycles. The Labute approximate surface area is 117 Å². The van der Waals surface area contributed by atoms with Crippen LogP contribution in [0.2, 0.25) is 0 Å². The lowest BCUT2D eigenvalue weighted by Gasteiger charge is -2.19. The fourth-order valence-electron chi connectivity index (χ4n) is 1.91. The number of rotatable bonds is 3. The quantitative estimate of drug-likeness (QED) is 0.593. The molecule has 0 aliphatic heterocycles. The molecular formula is C16H14ClNO. The second-order valence-corrected chi connectivity index (χ2v) is 4.50. The summed E-state index contributed by atoms with van der Waals surface area (Å²) in [6.45, 7) is 4.12. The molecule has 0 aliphatic carbocycles. The van der Waals surface area contributed by atoms with Crippen molar-refractivity contribution < 1.29 is 4.79 Å². The molecule has 2 aromatic carbocycles. The third kappa shape index (κ3) is 2.85. The van der Waals surface area contributed by atoms with E-state index in [9.17, 15) is 4.79 Å². The number of para-hydroxylation sites is 1. The van der Waals surface area contributed by atoms with Crippen molar-refractivity contribution in [1.82, 2.24) is 0 Å². The van der Waals surface area contributed by atoms with Gasteiger partial charge in [0.05, 0.1) is 5.69 Å². The van der Waals surface area contributed by atoms with Crippen LogP contribution in [0, 0.1) is 0 Å². The number of nitrogens with zero attached hydrogens (tertiary/aromatic N) is 1. The first kappa shape index (κ1) is 13.4. The maximum Gasteiger partial charge on any atom is 0.320 e. The van der Waals surface area contributed by atoms with Crippen LogP contribution in [-0.2, 0) is 0 Å². The maximum absolute atomic E-state index is 11.3. The molecule has 2 nitrogen and oxygen atoms in total. The van der Waals surface area contributed by atoms with Crippen molar-refractivity contribution in [3.8, 4) is 0 Å².